The first-order valence-electron chi connectivity index (χ1n) is 5.79. The topological polar surface area (TPSA) is 59.1 Å². The van der Waals surface area contributed by atoms with Gasteiger partial charge in [0.2, 0.25) is 0 Å². The number of rotatable bonds is 2. The second kappa shape index (κ2) is 9.04. The van der Waals surface area contributed by atoms with Crippen molar-refractivity contribution >= 4 is 11.6 Å². The number of aromatic nitrogens is 1. The molecular weight excluding hydrogens is 223 g/mol. The van der Waals surface area contributed by atoms with Crippen LogP contribution >= 0.6 is 0 Å². The third kappa shape index (κ3) is 6.11. The van der Waals surface area contributed by atoms with E-state index in [0.29, 0.717) is 11.1 Å². The van der Waals surface area contributed by atoms with Gasteiger partial charge in [0, 0.05) is 23.5 Å². The van der Waals surface area contributed by atoms with Crippen molar-refractivity contribution in [3.63, 3.8) is 0 Å². The smallest absolute Gasteiger partial charge is 0.317 e. The van der Waals surface area contributed by atoms with Crippen molar-refractivity contribution in [3.05, 3.63) is 29.6 Å². The minimum Gasteiger partial charge on any atom is -0.317 e. The summed E-state index contributed by atoms with van der Waals surface area (Å²) >= 11 is 0. The van der Waals surface area contributed by atoms with E-state index in [1.165, 1.54) is 52.2 Å². The van der Waals surface area contributed by atoms with E-state index in [2.05, 4.69) is 10.3 Å². The molecule has 18 heavy (non-hydrogen) atoms. The van der Waals surface area contributed by atoms with Gasteiger partial charge >= 0.3 is 18.9 Å². The van der Waals surface area contributed by atoms with Gasteiger partial charge in [0.25, 0.3) is 0 Å². The Hall–Kier alpha value is -0.953. The first kappa shape index (κ1) is 17.0. The molecule has 2 heterocycles. The van der Waals surface area contributed by atoms with E-state index in [4.69, 9.17) is 0 Å². The Morgan fingerprint density at radius 2 is 1.50 bits per heavy atom. The number of hydrogen-bond acceptors (Lipinski definition) is 4. The summed E-state index contributed by atoms with van der Waals surface area (Å²) in [5.41, 5.74) is 0.949. The van der Waals surface area contributed by atoms with Crippen LogP contribution in [0.15, 0.2) is 18.5 Å². The van der Waals surface area contributed by atoms with Crippen molar-refractivity contribution in [2.24, 2.45) is 0 Å². The Balaban J connectivity index is 0.000000405. The number of carbonyl (C=O) groups is 2. The largest absolute Gasteiger partial charge is 1.00 e. The van der Waals surface area contributed by atoms with Crippen molar-refractivity contribution in [2.75, 3.05) is 13.1 Å². The Morgan fingerprint density at radius 1 is 1.06 bits per heavy atom. The summed E-state index contributed by atoms with van der Waals surface area (Å²) in [5.74, 6) is -0.156. The van der Waals surface area contributed by atoms with Crippen molar-refractivity contribution in [1.82, 2.24) is 10.3 Å². The molecule has 2 rings (SSSR count). The molecule has 0 aliphatic carbocycles. The monoisotopic (exact) mass is 241 g/mol. The molecule has 0 aromatic carbocycles. The van der Waals surface area contributed by atoms with Crippen LogP contribution in [0.3, 0.4) is 0 Å². The number of nitrogens with zero attached hydrogens (tertiary/aromatic N) is 1. The van der Waals surface area contributed by atoms with Gasteiger partial charge < -0.3 is 5.32 Å². The van der Waals surface area contributed by atoms with Crippen LogP contribution in [0, 0.1) is 0 Å². The fourth-order valence-corrected chi connectivity index (χ4v) is 1.45. The summed E-state index contributed by atoms with van der Waals surface area (Å²) in [5, 5.41) is 3.22. The molecule has 0 amide bonds. The van der Waals surface area contributed by atoms with Gasteiger partial charge in [0.05, 0.1) is 0 Å². The van der Waals surface area contributed by atoms with Crippen LogP contribution in [-0.4, -0.2) is 29.6 Å². The fraction of sp³-hybridized carbons (Fsp3) is 0.462. The zero-order valence-electron chi connectivity index (χ0n) is 11.3. The standard InChI is InChI=1S/C9H9NO2.C4H9N.Li/c1-6(11)8-3-9(7(2)12)5-10-4-8;1-2-4-5-3-1;/h3-5H,1-2H3;5H,1-4H2;/q;;+1. The molecule has 0 radical (unpaired) electrons. The maximum atomic E-state index is 10.9. The minimum absolute atomic E-state index is 0. The predicted molar refractivity (Wildman–Crippen MR) is 66.3 cm³/mol. The van der Waals surface area contributed by atoms with Gasteiger partial charge in [-0.05, 0) is 45.8 Å². The summed E-state index contributed by atoms with van der Waals surface area (Å²) in [6, 6.07) is 1.55. The van der Waals surface area contributed by atoms with Gasteiger partial charge in [-0.25, -0.2) is 0 Å². The quantitative estimate of drug-likeness (QED) is 0.525. The molecule has 0 atom stereocenters. The fourth-order valence-electron chi connectivity index (χ4n) is 1.45. The molecule has 1 fully saturated rings. The predicted octanol–water partition coefficient (Wildman–Crippen LogP) is -1.14. The van der Waals surface area contributed by atoms with Crippen molar-refractivity contribution in [2.45, 2.75) is 26.7 Å². The van der Waals surface area contributed by atoms with Crippen LogP contribution < -0.4 is 24.2 Å². The van der Waals surface area contributed by atoms with Crippen LogP contribution in [0.4, 0.5) is 0 Å². The molecule has 1 N–H and O–H groups in total. The Labute approximate surface area is 120 Å². The van der Waals surface area contributed by atoms with Crippen molar-refractivity contribution < 1.29 is 28.4 Å². The molecule has 5 heteroatoms. The maximum Gasteiger partial charge on any atom is 1.00 e. The molecule has 0 spiro atoms. The van der Waals surface area contributed by atoms with Gasteiger partial charge in [0.15, 0.2) is 11.6 Å². The Bertz CT molecular complexity index is 367. The van der Waals surface area contributed by atoms with Gasteiger partial charge in [0.1, 0.15) is 0 Å². The first-order valence-corrected chi connectivity index (χ1v) is 5.79. The molecule has 4 nitrogen and oxygen atoms in total. The van der Waals surface area contributed by atoms with Crippen LogP contribution in [0.2, 0.25) is 0 Å². The first-order chi connectivity index (χ1) is 8.11. The van der Waals surface area contributed by atoms with Crippen LogP contribution in [-0.2, 0) is 0 Å². The summed E-state index contributed by atoms with van der Waals surface area (Å²) in [6.07, 6.45) is 5.68. The summed E-state index contributed by atoms with van der Waals surface area (Å²) in [4.78, 5) is 25.5. The molecule has 1 aliphatic heterocycles. The zero-order chi connectivity index (χ0) is 12.7. The van der Waals surface area contributed by atoms with Crippen molar-refractivity contribution in [3.8, 4) is 0 Å². The average Bonchev–Trinajstić information content (AvgIpc) is 2.87. The molecule has 1 aromatic rings. The van der Waals surface area contributed by atoms with Gasteiger partial charge in [-0.2, -0.15) is 0 Å². The Morgan fingerprint density at radius 3 is 1.78 bits per heavy atom. The number of carbonyl (C=O) groups excluding carboxylic acids is 2. The van der Waals surface area contributed by atoms with E-state index in [9.17, 15) is 9.59 Å². The number of hydrogen-bond donors (Lipinski definition) is 1. The number of Topliss-reactive ketones (excluding diaryl/α,β-unsaturated/α-hetero) is 2. The molecule has 1 aromatic heterocycles. The molecule has 0 unspecified atom stereocenters. The number of ketones is 2. The second-order valence-electron chi connectivity index (χ2n) is 4.03. The van der Waals surface area contributed by atoms with E-state index < -0.39 is 0 Å². The van der Waals surface area contributed by atoms with E-state index in [0.717, 1.165) is 0 Å². The summed E-state index contributed by atoms with van der Waals surface area (Å²) in [6.45, 7) is 5.39. The van der Waals surface area contributed by atoms with Gasteiger partial charge in [-0.1, -0.05) is 0 Å². The maximum absolute atomic E-state index is 10.9. The molecule has 0 bridgehead atoms. The number of nitrogens with one attached hydrogen (secondary N) is 1. The average molecular weight is 241 g/mol. The molecular formula is C13H18LiN2O2+. The van der Waals surface area contributed by atoms with Crippen LogP contribution in [0.1, 0.15) is 47.4 Å². The molecule has 1 saturated heterocycles. The van der Waals surface area contributed by atoms with E-state index >= 15 is 0 Å². The zero-order valence-corrected chi connectivity index (χ0v) is 11.3. The molecule has 1 aliphatic rings. The Kier molecular flexibility index (Phi) is 8.56. The minimum atomic E-state index is -0.0781. The van der Waals surface area contributed by atoms with Crippen LogP contribution in [0.25, 0.3) is 0 Å². The van der Waals surface area contributed by atoms with E-state index in [1.807, 2.05) is 0 Å². The SMILES string of the molecule is C1CCNC1.CC(=O)c1cncc(C(C)=O)c1.[Li+]. The van der Waals surface area contributed by atoms with Crippen LogP contribution in [0.5, 0.6) is 0 Å². The van der Waals surface area contributed by atoms with Gasteiger partial charge in [-0.15, -0.1) is 0 Å². The molecule has 0 saturated carbocycles. The normalized spacial score (nSPS) is 13.0. The van der Waals surface area contributed by atoms with Gasteiger partial charge in [-0.3, -0.25) is 14.6 Å². The van der Waals surface area contributed by atoms with E-state index in [-0.39, 0.29) is 30.4 Å². The molecule has 92 valence electrons. The van der Waals surface area contributed by atoms with E-state index in [1.54, 1.807) is 6.07 Å². The summed E-state index contributed by atoms with van der Waals surface area (Å²) < 4.78 is 0. The number of pyridine rings is 1. The summed E-state index contributed by atoms with van der Waals surface area (Å²) in [7, 11) is 0. The third-order valence-electron chi connectivity index (χ3n) is 2.51. The van der Waals surface area contributed by atoms with Crippen molar-refractivity contribution in [1.29, 1.82) is 0 Å². The third-order valence-corrected chi connectivity index (χ3v) is 2.51. The second-order valence-corrected chi connectivity index (χ2v) is 4.03.